The lowest BCUT2D eigenvalue weighted by atomic mass is 10.0. The van der Waals surface area contributed by atoms with Crippen LogP contribution in [0.5, 0.6) is 0 Å². The molecular formula is C24H20F8O6. The van der Waals surface area contributed by atoms with E-state index in [1.54, 1.807) is 0 Å². The maximum Gasteiger partial charge on any atom is 0.431 e. The first-order valence-electron chi connectivity index (χ1n) is 11.0. The molecule has 0 spiro atoms. The van der Waals surface area contributed by atoms with Gasteiger partial charge in [0.15, 0.2) is 6.10 Å². The van der Waals surface area contributed by atoms with Crippen LogP contribution >= 0.6 is 0 Å². The van der Waals surface area contributed by atoms with E-state index < -0.39 is 79.8 Å². The Labute approximate surface area is 210 Å². The minimum absolute atomic E-state index is 0.222. The van der Waals surface area contributed by atoms with E-state index in [1.807, 2.05) is 0 Å². The van der Waals surface area contributed by atoms with Crippen molar-refractivity contribution in [3.05, 3.63) is 71.8 Å². The molecule has 0 saturated carbocycles. The molecule has 0 amide bonds. The van der Waals surface area contributed by atoms with Gasteiger partial charge < -0.3 is 18.9 Å². The molecule has 1 heterocycles. The number of alkyl halides is 8. The zero-order valence-electron chi connectivity index (χ0n) is 19.2. The fourth-order valence-corrected chi connectivity index (χ4v) is 3.48. The van der Waals surface area contributed by atoms with Crippen LogP contribution in [0.15, 0.2) is 60.7 Å². The van der Waals surface area contributed by atoms with Crippen LogP contribution in [-0.4, -0.2) is 67.8 Å². The third kappa shape index (κ3) is 7.40. The number of carbonyl (C=O) groups is 2. The second-order valence-electron chi connectivity index (χ2n) is 8.19. The van der Waals surface area contributed by atoms with Crippen LogP contribution in [0.2, 0.25) is 0 Å². The smallest absolute Gasteiger partial charge is 0.431 e. The molecule has 38 heavy (non-hydrogen) atoms. The van der Waals surface area contributed by atoms with Gasteiger partial charge in [0, 0.05) is 6.42 Å². The third-order valence-electron chi connectivity index (χ3n) is 5.34. The number of esters is 2. The molecule has 6 nitrogen and oxygen atoms in total. The minimum atomic E-state index is -5.77. The maximum atomic E-state index is 15.0. The van der Waals surface area contributed by atoms with Crippen LogP contribution in [0, 0.1) is 0 Å². The van der Waals surface area contributed by atoms with Crippen LogP contribution in [0.3, 0.4) is 0 Å². The highest BCUT2D eigenvalue weighted by molar-refractivity contribution is 5.90. The number of carbonyl (C=O) groups excluding carboxylic acids is 2. The Kier molecular flexibility index (Phi) is 8.97. The second-order valence-corrected chi connectivity index (χ2v) is 8.19. The fraction of sp³-hybridized carbons (Fsp3) is 0.417. The van der Waals surface area contributed by atoms with E-state index in [0.717, 1.165) is 12.1 Å². The van der Waals surface area contributed by atoms with Crippen molar-refractivity contribution < 1.29 is 63.7 Å². The van der Waals surface area contributed by atoms with E-state index in [0.29, 0.717) is 0 Å². The van der Waals surface area contributed by atoms with Crippen molar-refractivity contribution in [3.63, 3.8) is 0 Å². The zero-order chi connectivity index (χ0) is 28.1. The maximum absolute atomic E-state index is 15.0. The lowest BCUT2D eigenvalue weighted by molar-refractivity contribution is -0.315. The van der Waals surface area contributed by atoms with E-state index in [4.69, 9.17) is 9.47 Å². The molecule has 0 aromatic heterocycles. The minimum Gasteiger partial charge on any atom is -0.449 e. The van der Waals surface area contributed by atoms with Gasteiger partial charge in [0.25, 0.3) is 6.10 Å². The summed E-state index contributed by atoms with van der Waals surface area (Å²) in [6.45, 7) is -1.85. The first kappa shape index (κ1) is 29.3. The standard InChI is InChI=1S/C24H20F8O6/c25-22(26,21(24(30,31)32)38-20(34)15-9-5-2-6-10-15)18-13-35-12-16(36-18)11-17(23(27,28)29)37-19(33)14-7-3-1-4-8-14/h1-10,16-18,21H,11-13H2. The molecule has 1 aliphatic rings. The van der Waals surface area contributed by atoms with Crippen LogP contribution in [0.4, 0.5) is 35.1 Å². The molecule has 1 fully saturated rings. The Morgan fingerprint density at radius 1 is 0.763 bits per heavy atom. The van der Waals surface area contributed by atoms with Crippen molar-refractivity contribution in [1.82, 2.24) is 0 Å². The molecule has 0 radical (unpaired) electrons. The summed E-state index contributed by atoms with van der Waals surface area (Å²) in [5, 5.41) is 0. The largest absolute Gasteiger partial charge is 0.449 e. The average Bonchev–Trinajstić information content (AvgIpc) is 2.86. The summed E-state index contributed by atoms with van der Waals surface area (Å²) in [7, 11) is 0. The van der Waals surface area contributed by atoms with Gasteiger partial charge in [-0.1, -0.05) is 36.4 Å². The molecule has 0 bridgehead atoms. The number of rotatable bonds is 8. The van der Waals surface area contributed by atoms with Crippen LogP contribution in [-0.2, 0) is 18.9 Å². The highest BCUT2D eigenvalue weighted by Crippen LogP contribution is 2.40. The van der Waals surface area contributed by atoms with Crippen molar-refractivity contribution in [2.45, 2.75) is 49.1 Å². The summed E-state index contributed by atoms with van der Waals surface area (Å²) < 4.78 is 130. The number of ether oxygens (including phenoxy) is 4. The Bertz CT molecular complexity index is 1070. The van der Waals surface area contributed by atoms with Gasteiger partial charge in [0.05, 0.1) is 30.4 Å². The van der Waals surface area contributed by atoms with E-state index >= 15 is 8.78 Å². The first-order valence-corrected chi connectivity index (χ1v) is 11.0. The summed E-state index contributed by atoms with van der Waals surface area (Å²) in [6.07, 6.45) is -23.6. The Balaban J connectivity index is 1.75. The van der Waals surface area contributed by atoms with E-state index in [-0.39, 0.29) is 5.56 Å². The zero-order valence-corrected chi connectivity index (χ0v) is 19.2. The SMILES string of the molecule is O=C(OC(CC1COCC(C(F)(F)C(OC(=O)c2ccccc2)C(F)(F)F)O1)C(F)(F)F)c1ccccc1. The van der Waals surface area contributed by atoms with Gasteiger partial charge in [-0.05, 0) is 24.3 Å². The molecule has 2 aromatic carbocycles. The molecule has 0 aliphatic carbocycles. The van der Waals surface area contributed by atoms with E-state index in [2.05, 4.69) is 9.47 Å². The first-order chi connectivity index (χ1) is 17.7. The van der Waals surface area contributed by atoms with Gasteiger partial charge in [0.2, 0.25) is 0 Å². The Morgan fingerprint density at radius 3 is 1.74 bits per heavy atom. The number of halogens is 8. The van der Waals surface area contributed by atoms with Gasteiger partial charge in [-0.3, -0.25) is 0 Å². The summed E-state index contributed by atoms with van der Waals surface area (Å²) in [5.74, 6) is -8.03. The van der Waals surface area contributed by atoms with Gasteiger partial charge in [-0.15, -0.1) is 0 Å². The van der Waals surface area contributed by atoms with Gasteiger partial charge in [0.1, 0.15) is 6.10 Å². The lowest BCUT2D eigenvalue weighted by Gasteiger charge is -2.39. The van der Waals surface area contributed by atoms with Gasteiger partial charge in [-0.25, -0.2) is 9.59 Å². The summed E-state index contributed by atoms with van der Waals surface area (Å²) in [5.41, 5.74) is -0.662. The van der Waals surface area contributed by atoms with Crippen molar-refractivity contribution in [3.8, 4) is 0 Å². The molecule has 4 atom stereocenters. The molecule has 2 aromatic rings. The molecule has 3 rings (SSSR count). The summed E-state index contributed by atoms with van der Waals surface area (Å²) in [4.78, 5) is 24.2. The molecule has 0 N–H and O–H groups in total. The lowest BCUT2D eigenvalue weighted by Crippen LogP contribution is -2.59. The summed E-state index contributed by atoms with van der Waals surface area (Å²) in [6, 6.07) is 12.6. The van der Waals surface area contributed by atoms with Gasteiger partial charge >= 0.3 is 30.2 Å². The number of hydrogen-bond acceptors (Lipinski definition) is 6. The van der Waals surface area contributed by atoms with Crippen molar-refractivity contribution in [2.75, 3.05) is 13.2 Å². The normalized spacial score (nSPS) is 20.3. The van der Waals surface area contributed by atoms with Crippen molar-refractivity contribution >= 4 is 11.9 Å². The number of hydrogen-bond donors (Lipinski definition) is 0. The second kappa shape index (κ2) is 11.6. The summed E-state index contributed by atoms with van der Waals surface area (Å²) >= 11 is 0. The van der Waals surface area contributed by atoms with Crippen LogP contribution < -0.4 is 0 Å². The van der Waals surface area contributed by atoms with E-state index in [1.165, 1.54) is 48.5 Å². The highest BCUT2D eigenvalue weighted by Gasteiger charge is 2.64. The van der Waals surface area contributed by atoms with Crippen molar-refractivity contribution in [1.29, 1.82) is 0 Å². The molecule has 4 unspecified atom stereocenters. The highest BCUT2D eigenvalue weighted by atomic mass is 19.4. The molecule has 208 valence electrons. The van der Waals surface area contributed by atoms with Gasteiger partial charge in [-0.2, -0.15) is 35.1 Å². The Morgan fingerprint density at radius 2 is 1.26 bits per heavy atom. The topological polar surface area (TPSA) is 71.1 Å². The van der Waals surface area contributed by atoms with Crippen LogP contribution in [0.1, 0.15) is 27.1 Å². The molecule has 14 heteroatoms. The monoisotopic (exact) mass is 556 g/mol. The predicted octanol–water partition coefficient (Wildman–Crippen LogP) is 5.37. The fourth-order valence-electron chi connectivity index (χ4n) is 3.48. The predicted molar refractivity (Wildman–Crippen MR) is 112 cm³/mol. The third-order valence-corrected chi connectivity index (χ3v) is 5.34. The molecular weight excluding hydrogens is 536 g/mol. The molecule has 1 aliphatic heterocycles. The quantitative estimate of drug-likeness (QED) is 0.322. The Hall–Kier alpha value is -3.26. The molecule has 1 saturated heterocycles. The van der Waals surface area contributed by atoms with Crippen LogP contribution in [0.25, 0.3) is 0 Å². The number of benzene rings is 2. The van der Waals surface area contributed by atoms with Crippen molar-refractivity contribution in [2.24, 2.45) is 0 Å². The average molecular weight is 556 g/mol. The van der Waals surface area contributed by atoms with E-state index in [9.17, 15) is 35.9 Å².